The van der Waals surface area contributed by atoms with Gasteiger partial charge < -0.3 is 9.88 Å². The van der Waals surface area contributed by atoms with Crippen LogP contribution in [0.4, 0.5) is 0 Å². The Morgan fingerprint density at radius 1 is 1.39 bits per heavy atom. The molecule has 0 aromatic carbocycles. The van der Waals surface area contributed by atoms with Gasteiger partial charge in [-0.2, -0.15) is 0 Å². The molecule has 2 aromatic heterocycles. The number of rotatable bonds is 6. The minimum Gasteiger partial charge on any atom is -0.330 e. The van der Waals surface area contributed by atoms with Crippen molar-refractivity contribution in [3.05, 3.63) is 34.3 Å². The summed E-state index contributed by atoms with van der Waals surface area (Å²) in [6.45, 7) is 3.89. The highest BCUT2D eigenvalue weighted by molar-refractivity contribution is 7.11. The lowest BCUT2D eigenvalue weighted by atomic mass is 10.4. The second kappa shape index (κ2) is 5.20. The normalized spacial score (nSPS) is 15.2. The largest absolute Gasteiger partial charge is 0.330 e. The van der Waals surface area contributed by atoms with Crippen molar-refractivity contribution >= 4 is 11.3 Å². The Morgan fingerprint density at radius 3 is 3.00 bits per heavy atom. The molecule has 0 bridgehead atoms. The van der Waals surface area contributed by atoms with Gasteiger partial charge in [0, 0.05) is 36.4 Å². The predicted molar refractivity (Wildman–Crippen MR) is 72.5 cm³/mol. The molecule has 0 unspecified atom stereocenters. The van der Waals surface area contributed by atoms with Gasteiger partial charge in [-0.1, -0.05) is 6.92 Å². The van der Waals surface area contributed by atoms with Gasteiger partial charge in [-0.25, -0.2) is 9.97 Å². The third-order valence-corrected chi connectivity index (χ3v) is 4.36. The molecule has 1 aliphatic carbocycles. The number of hydrogen-bond acceptors (Lipinski definition) is 4. The highest BCUT2D eigenvalue weighted by Gasteiger charge is 2.24. The first kappa shape index (κ1) is 11.9. The van der Waals surface area contributed by atoms with E-state index in [4.69, 9.17) is 0 Å². The van der Waals surface area contributed by atoms with Crippen LogP contribution in [0.15, 0.2) is 18.7 Å². The summed E-state index contributed by atoms with van der Waals surface area (Å²) in [7, 11) is 0. The molecule has 1 aliphatic rings. The molecule has 0 atom stereocenters. The predicted octanol–water partition coefficient (Wildman–Crippen LogP) is 2.53. The summed E-state index contributed by atoms with van der Waals surface area (Å²) in [6.07, 6.45) is 9.57. The maximum Gasteiger partial charge on any atom is 0.107 e. The van der Waals surface area contributed by atoms with E-state index in [0.717, 1.165) is 19.5 Å². The molecule has 0 aliphatic heterocycles. The molecule has 1 N–H and O–H groups in total. The zero-order chi connectivity index (χ0) is 12.4. The molecule has 3 rings (SSSR count). The summed E-state index contributed by atoms with van der Waals surface area (Å²) < 4.78 is 2.30. The van der Waals surface area contributed by atoms with Crippen LogP contribution < -0.4 is 5.32 Å². The Labute approximate surface area is 111 Å². The third kappa shape index (κ3) is 2.62. The average Bonchev–Trinajstić information content (AvgIpc) is 2.95. The minimum absolute atomic E-state index is 0.704. The van der Waals surface area contributed by atoms with Crippen molar-refractivity contribution in [2.45, 2.75) is 45.3 Å². The Bertz CT molecular complexity index is 513. The molecule has 4 nitrogen and oxygen atoms in total. The SMILES string of the molecule is CCc1cnc(CNCc2cncn2C2CC2)s1. The van der Waals surface area contributed by atoms with Gasteiger partial charge in [-0.3, -0.25) is 0 Å². The van der Waals surface area contributed by atoms with Crippen LogP contribution in [0.25, 0.3) is 0 Å². The van der Waals surface area contributed by atoms with E-state index in [1.165, 1.54) is 28.4 Å². The van der Waals surface area contributed by atoms with Crippen molar-refractivity contribution in [3.8, 4) is 0 Å². The van der Waals surface area contributed by atoms with E-state index in [-0.39, 0.29) is 0 Å². The van der Waals surface area contributed by atoms with Crippen LogP contribution in [0.2, 0.25) is 0 Å². The Kier molecular flexibility index (Phi) is 3.43. The fraction of sp³-hybridized carbons (Fsp3) is 0.538. The molecule has 0 amide bonds. The van der Waals surface area contributed by atoms with Crippen LogP contribution in [-0.2, 0) is 19.5 Å². The van der Waals surface area contributed by atoms with Gasteiger partial charge in [0.15, 0.2) is 0 Å². The van der Waals surface area contributed by atoms with Gasteiger partial charge in [0.25, 0.3) is 0 Å². The van der Waals surface area contributed by atoms with Gasteiger partial charge in [0.2, 0.25) is 0 Å². The molecule has 2 heterocycles. The molecule has 96 valence electrons. The highest BCUT2D eigenvalue weighted by atomic mass is 32.1. The molecule has 2 aromatic rings. The van der Waals surface area contributed by atoms with E-state index < -0.39 is 0 Å². The first-order valence-corrected chi connectivity index (χ1v) is 7.33. The topological polar surface area (TPSA) is 42.7 Å². The quantitative estimate of drug-likeness (QED) is 0.870. The Morgan fingerprint density at radius 2 is 2.28 bits per heavy atom. The molecular formula is C13H18N4S. The standard InChI is InChI=1S/C13H18N4S/c1-2-12-7-16-13(18-12)8-14-5-11-6-15-9-17(11)10-3-4-10/h6-7,9-10,14H,2-5,8H2,1H3. The lowest BCUT2D eigenvalue weighted by molar-refractivity contribution is 0.619. The molecule has 0 spiro atoms. The van der Waals surface area contributed by atoms with Gasteiger partial charge in [-0.05, 0) is 19.3 Å². The first-order chi connectivity index (χ1) is 8.86. The zero-order valence-electron chi connectivity index (χ0n) is 10.6. The van der Waals surface area contributed by atoms with Crippen LogP contribution in [-0.4, -0.2) is 14.5 Å². The highest BCUT2D eigenvalue weighted by Crippen LogP contribution is 2.35. The Hall–Kier alpha value is -1.20. The lowest BCUT2D eigenvalue weighted by Gasteiger charge is -2.06. The number of imidazole rings is 1. The van der Waals surface area contributed by atoms with E-state index in [2.05, 4.69) is 26.8 Å². The zero-order valence-corrected chi connectivity index (χ0v) is 11.4. The number of hydrogen-bond donors (Lipinski definition) is 1. The molecule has 1 saturated carbocycles. The van der Waals surface area contributed by atoms with Gasteiger partial charge >= 0.3 is 0 Å². The van der Waals surface area contributed by atoms with Crippen LogP contribution in [0.1, 0.15) is 41.4 Å². The van der Waals surface area contributed by atoms with Crippen molar-refractivity contribution < 1.29 is 0 Å². The van der Waals surface area contributed by atoms with E-state index in [1.54, 1.807) is 11.3 Å². The van der Waals surface area contributed by atoms with Gasteiger partial charge in [0.1, 0.15) is 5.01 Å². The molecule has 1 fully saturated rings. The molecule has 5 heteroatoms. The van der Waals surface area contributed by atoms with Crippen molar-refractivity contribution in [2.24, 2.45) is 0 Å². The second-order valence-electron chi connectivity index (χ2n) is 4.70. The second-order valence-corrected chi connectivity index (χ2v) is 5.90. The number of aromatic nitrogens is 3. The fourth-order valence-electron chi connectivity index (χ4n) is 2.04. The molecule has 0 radical (unpaired) electrons. The smallest absolute Gasteiger partial charge is 0.107 e. The van der Waals surface area contributed by atoms with Crippen molar-refractivity contribution in [2.75, 3.05) is 0 Å². The summed E-state index contributed by atoms with van der Waals surface area (Å²) in [5, 5.41) is 4.62. The van der Waals surface area contributed by atoms with Crippen molar-refractivity contribution in [3.63, 3.8) is 0 Å². The van der Waals surface area contributed by atoms with E-state index in [1.807, 2.05) is 18.7 Å². The summed E-state index contributed by atoms with van der Waals surface area (Å²) >= 11 is 1.80. The molecular weight excluding hydrogens is 244 g/mol. The summed E-state index contributed by atoms with van der Waals surface area (Å²) in [6, 6.07) is 0.704. The Balaban J connectivity index is 1.53. The van der Waals surface area contributed by atoms with Crippen LogP contribution >= 0.6 is 11.3 Å². The first-order valence-electron chi connectivity index (χ1n) is 6.52. The van der Waals surface area contributed by atoms with Crippen LogP contribution in [0, 0.1) is 0 Å². The van der Waals surface area contributed by atoms with Crippen LogP contribution in [0.3, 0.4) is 0 Å². The van der Waals surface area contributed by atoms with Gasteiger partial charge in [-0.15, -0.1) is 11.3 Å². The van der Waals surface area contributed by atoms with Crippen LogP contribution in [0.5, 0.6) is 0 Å². The fourth-order valence-corrected chi connectivity index (χ4v) is 2.87. The third-order valence-electron chi connectivity index (χ3n) is 3.22. The maximum absolute atomic E-state index is 4.41. The summed E-state index contributed by atoms with van der Waals surface area (Å²) in [4.78, 5) is 10.0. The monoisotopic (exact) mass is 262 g/mol. The molecule has 0 saturated heterocycles. The van der Waals surface area contributed by atoms with E-state index in [0.29, 0.717) is 6.04 Å². The number of nitrogens with one attached hydrogen (secondary N) is 1. The number of thiazole rings is 1. The van der Waals surface area contributed by atoms with Crippen molar-refractivity contribution in [1.29, 1.82) is 0 Å². The maximum atomic E-state index is 4.41. The number of aryl methyl sites for hydroxylation is 1. The minimum atomic E-state index is 0.704. The average molecular weight is 262 g/mol. The summed E-state index contributed by atoms with van der Waals surface area (Å²) in [5.41, 5.74) is 1.28. The summed E-state index contributed by atoms with van der Waals surface area (Å²) in [5.74, 6) is 0. The lowest BCUT2D eigenvalue weighted by Crippen LogP contribution is -2.15. The molecule has 18 heavy (non-hydrogen) atoms. The van der Waals surface area contributed by atoms with E-state index in [9.17, 15) is 0 Å². The van der Waals surface area contributed by atoms with E-state index >= 15 is 0 Å². The van der Waals surface area contributed by atoms with Crippen molar-refractivity contribution in [1.82, 2.24) is 19.9 Å². The van der Waals surface area contributed by atoms with Gasteiger partial charge in [0.05, 0.1) is 12.0 Å². The number of nitrogens with zero attached hydrogens (tertiary/aromatic N) is 3.